The number of nitrogens with zero attached hydrogens (tertiary/aromatic N) is 4. The van der Waals surface area contributed by atoms with E-state index in [-0.39, 0.29) is 30.5 Å². The smallest absolute Gasteiger partial charge is 0.387 e. The van der Waals surface area contributed by atoms with Crippen LogP contribution >= 0.6 is 0 Å². The summed E-state index contributed by atoms with van der Waals surface area (Å²) in [5, 5.41) is 3.47. The Hall–Kier alpha value is -2.34. The molecule has 0 saturated carbocycles. The van der Waals surface area contributed by atoms with E-state index in [1.807, 2.05) is 0 Å². The highest BCUT2D eigenvalue weighted by Gasteiger charge is 2.30. The van der Waals surface area contributed by atoms with Crippen LogP contribution in [0.2, 0.25) is 0 Å². The van der Waals surface area contributed by atoms with E-state index in [1.165, 1.54) is 11.0 Å². The largest absolute Gasteiger partial charge is 0.434 e. The minimum Gasteiger partial charge on any atom is -0.434 e. The predicted molar refractivity (Wildman–Crippen MR) is 72.3 cm³/mol. The molecule has 1 aromatic carbocycles. The summed E-state index contributed by atoms with van der Waals surface area (Å²) < 4.78 is 29.1. The molecule has 1 aromatic rings. The van der Waals surface area contributed by atoms with Gasteiger partial charge in [0.05, 0.1) is 0 Å². The molecule has 0 bridgehead atoms. The minimum atomic E-state index is -2.91. The fraction of sp³-hybridized carbons (Fsp3) is 0.462. The summed E-state index contributed by atoms with van der Waals surface area (Å²) >= 11 is 0. The Labute approximate surface area is 119 Å². The quantitative estimate of drug-likeness (QED) is 0.475. The molecule has 1 aliphatic rings. The summed E-state index contributed by atoms with van der Waals surface area (Å²) in [5.41, 5.74) is 9.37. The molecule has 1 amide bonds. The van der Waals surface area contributed by atoms with Crippen LogP contribution in [-0.2, 0) is 4.79 Å². The Morgan fingerprint density at radius 2 is 2.33 bits per heavy atom. The highest BCUT2D eigenvalue weighted by molar-refractivity contribution is 5.96. The summed E-state index contributed by atoms with van der Waals surface area (Å²) in [6.07, 6.45) is 0.276. The number of halogens is 2. The van der Waals surface area contributed by atoms with E-state index in [0.717, 1.165) is 0 Å². The van der Waals surface area contributed by atoms with Crippen molar-refractivity contribution in [2.75, 3.05) is 18.0 Å². The lowest BCUT2D eigenvalue weighted by Crippen LogP contribution is -2.24. The Morgan fingerprint density at radius 1 is 1.57 bits per heavy atom. The molecular formula is C13H14F2N4O2. The zero-order chi connectivity index (χ0) is 15.4. The standard InChI is InChI=1S/C13H14F2N4O2/c1-8-2-3-10(5-11(8)21-13(14)15)19-7-9(4-12(19)20)6-17-18-16/h2-3,5,9,13H,4,6-7H2,1H3. The number of amides is 1. The first-order chi connectivity index (χ1) is 10.0. The third-order valence-electron chi connectivity index (χ3n) is 3.31. The normalized spacial score (nSPS) is 18.0. The molecular weight excluding hydrogens is 282 g/mol. The Kier molecular flexibility index (Phi) is 4.59. The van der Waals surface area contributed by atoms with Crippen LogP contribution in [0.3, 0.4) is 0 Å². The third kappa shape index (κ3) is 3.61. The van der Waals surface area contributed by atoms with Crippen LogP contribution in [0.1, 0.15) is 12.0 Å². The lowest BCUT2D eigenvalue weighted by Gasteiger charge is -2.18. The fourth-order valence-corrected chi connectivity index (χ4v) is 2.28. The highest BCUT2D eigenvalue weighted by atomic mass is 19.3. The summed E-state index contributed by atoms with van der Waals surface area (Å²) in [5.74, 6) is -0.136. The van der Waals surface area contributed by atoms with Gasteiger partial charge in [-0.3, -0.25) is 4.79 Å². The molecule has 1 unspecified atom stereocenters. The number of azide groups is 1. The monoisotopic (exact) mass is 296 g/mol. The molecule has 0 aliphatic carbocycles. The van der Waals surface area contributed by atoms with Gasteiger partial charge in [0.25, 0.3) is 0 Å². The van der Waals surface area contributed by atoms with Crippen LogP contribution in [0, 0.1) is 12.8 Å². The molecule has 1 saturated heterocycles. The van der Waals surface area contributed by atoms with Gasteiger partial charge in [-0.25, -0.2) is 0 Å². The van der Waals surface area contributed by atoms with Crippen molar-refractivity contribution >= 4 is 11.6 Å². The first-order valence-corrected chi connectivity index (χ1v) is 6.38. The molecule has 1 aliphatic heterocycles. The van der Waals surface area contributed by atoms with Crippen molar-refractivity contribution in [3.05, 3.63) is 34.2 Å². The van der Waals surface area contributed by atoms with Crippen molar-refractivity contribution in [1.82, 2.24) is 0 Å². The molecule has 1 atom stereocenters. The van der Waals surface area contributed by atoms with Crippen LogP contribution in [0.4, 0.5) is 14.5 Å². The average Bonchev–Trinajstić information content (AvgIpc) is 2.79. The summed E-state index contributed by atoms with van der Waals surface area (Å²) in [7, 11) is 0. The number of alkyl halides is 2. The lowest BCUT2D eigenvalue weighted by molar-refractivity contribution is -0.117. The van der Waals surface area contributed by atoms with E-state index in [2.05, 4.69) is 14.8 Å². The molecule has 0 radical (unpaired) electrons. The first-order valence-electron chi connectivity index (χ1n) is 6.38. The first kappa shape index (κ1) is 15.1. The molecule has 112 valence electrons. The second-order valence-electron chi connectivity index (χ2n) is 4.82. The van der Waals surface area contributed by atoms with Gasteiger partial charge >= 0.3 is 6.61 Å². The van der Waals surface area contributed by atoms with Gasteiger partial charge in [0.15, 0.2) is 0 Å². The topological polar surface area (TPSA) is 78.3 Å². The van der Waals surface area contributed by atoms with Gasteiger partial charge < -0.3 is 9.64 Å². The number of benzene rings is 1. The molecule has 0 aromatic heterocycles. The molecule has 2 rings (SSSR count). The molecule has 1 fully saturated rings. The van der Waals surface area contributed by atoms with Gasteiger partial charge in [-0.15, -0.1) is 0 Å². The number of hydrogen-bond donors (Lipinski definition) is 0. The maximum atomic E-state index is 12.3. The number of carbonyl (C=O) groups excluding carboxylic acids is 1. The average molecular weight is 296 g/mol. The maximum absolute atomic E-state index is 12.3. The zero-order valence-corrected chi connectivity index (χ0v) is 11.4. The van der Waals surface area contributed by atoms with E-state index >= 15 is 0 Å². The predicted octanol–water partition coefficient (Wildman–Crippen LogP) is 3.26. The van der Waals surface area contributed by atoms with Gasteiger partial charge in [-0.05, 0) is 30.0 Å². The van der Waals surface area contributed by atoms with Crippen molar-refractivity contribution in [2.24, 2.45) is 11.0 Å². The van der Waals surface area contributed by atoms with E-state index in [0.29, 0.717) is 17.8 Å². The van der Waals surface area contributed by atoms with Gasteiger partial charge in [0.2, 0.25) is 5.91 Å². The van der Waals surface area contributed by atoms with Crippen molar-refractivity contribution in [1.29, 1.82) is 0 Å². The lowest BCUT2D eigenvalue weighted by atomic mass is 10.1. The van der Waals surface area contributed by atoms with Crippen LogP contribution in [0.15, 0.2) is 23.3 Å². The van der Waals surface area contributed by atoms with Crippen LogP contribution < -0.4 is 9.64 Å². The SMILES string of the molecule is Cc1ccc(N2CC(CN=[N+]=[N-])CC2=O)cc1OC(F)F. The second-order valence-corrected chi connectivity index (χ2v) is 4.82. The van der Waals surface area contributed by atoms with Crippen molar-refractivity contribution in [2.45, 2.75) is 20.0 Å². The Bertz CT molecular complexity index is 588. The molecule has 8 heteroatoms. The number of anilines is 1. The van der Waals surface area contributed by atoms with Crippen LogP contribution in [0.25, 0.3) is 10.4 Å². The van der Waals surface area contributed by atoms with Crippen molar-refractivity contribution < 1.29 is 18.3 Å². The van der Waals surface area contributed by atoms with Crippen molar-refractivity contribution in [3.63, 3.8) is 0 Å². The summed E-state index contributed by atoms with van der Waals surface area (Å²) in [4.78, 5) is 16.1. The number of ether oxygens (including phenoxy) is 1. The zero-order valence-electron chi connectivity index (χ0n) is 11.4. The summed E-state index contributed by atoms with van der Waals surface area (Å²) in [6, 6.07) is 4.73. The molecule has 6 nitrogen and oxygen atoms in total. The van der Waals surface area contributed by atoms with Crippen LogP contribution in [-0.4, -0.2) is 25.6 Å². The van der Waals surface area contributed by atoms with Gasteiger partial charge in [-0.2, -0.15) is 8.78 Å². The summed E-state index contributed by atoms with van der Waals surface area (Å²) in [6.45, 7) is -0.622. The number of aryl methyl sites for hydroxylation is 1. The van der Waals surface area contributed by atoms with Gasteiger partial charge in [0, 0.05) is 36.2 Å². The second kappa shape index (κ2) is 6.41. The van der Waals surface area contributed by atoms with Gasteiger partial charge in [-0.1, -0.05) is 11.2 Å². The third-order valence-corrected chi connectivity index (χ3v) is 3.31. The Balaban J connectivity index is 2.18. The molecule has 0 N–H and O–H groups in total. The highest BCUT2D eigenvalue weighted by Crippen LogP contribution is 2.30. The van der Waals surface area contributed by atoms with Gasteiger partial charge in [0.1, 0.15) is 5.75 Å². The molecule has 0 spiro atoms. The van der Waals surface area contributed by atoms with E-state index in [4.69, 9.17) is 5.53 Å². The number of rotatable bonds is 5. The van der Waals surface area contributed by atoms with Crippen molar-refractivity contribution in [3.8, 4) is 5.75 Å². The Morgan fingerprint density at radius 3 is 3.00 bits per heavy atom. The fourth-order valence-electron chi connectivity index (χ4n) is 2.28. The van der Waals surface area contributed by atoms with E-state index in [1.54, 1.807) is 19.1 Å². The number of hydrogen-bond acceptors (Lipinski definition) is 3. The minimum absolute atomic E-state index is 0.0498. The maximum Gasteiger partial charge on any atom is 0.387 e. The molecule has 1 heterocycles. The van der Waals surface area contributed by atoms with E-state index in [9.17, 15) is 13.6 Å². The molecule has 21 heavy (non-hydrogen) atoms. The van der Waals surface area contributed by atoms with E-state index < -0.39 is 6.61 Å². The number of carbonyl (C=O) groups is 1. The van der Waals surface area contributed by atoms with Crippen LogP contribution in [0.5, 0.6) is 5.75 Å².